The van der Waals surface area contributed by atoms with Crippen LogP contribution < -0.4 is 5.32 Å². The molecule has 1 atom stereocenters. The van der Waals surface area contributed by atoms with E-state index in [0.717, 1.165) is 0 Å². The lowest BCUT2D eigenvalue weighted by molar-refractivity contribution is 0.0934. The average Bonchev–Trinajstić information content (AvgIpc) is 2.92. The molecule has 37 heavy (non-hydrogen) atoms. The van der Waals surface area contributed by atoms with Crippen LogP contribution in [0.5, 0.6) is 0 Å². The van der Waals surface area contributed by atoms with E-state index in [9.17, 15) is 21.6 Å². The van der Waals surface area contributed by atoms with Crippen LogP contribution >= 0.6 is 11.6 Å². The van der Waals surface area contributed by atoms with Crippen LogP contribution in [0.4, 0.5) is 0 Å². The van der Waals surface area contributed by atoms with Gasteiger partial charge in [-0.05, 0) is 54.1 Å². The Morgan fingerprint density at radius 2 is 1.11 bits per heavy atom. The van der Waals surface area contributed by atoms with Gasteiger partial charge in [0.2, 0.25) is 0 Å². The number of hydrogen-bond acceptors (Lipinski definition) is 5. The van der Waals surface area contributed by atoms with Crippen LogP contribution in [0.3, 0.4) is 0 Å². The minimum Gasteiger partial charge on any atom is -0.344 e. The number of nitrogens with one attached hydrogen (secondary N) is 1. The molecule has 0 aliphatic carbocycles. The number of carbonyl (C=O) groups is 1. The summed E-state index contributed by atoms with van der Waals surface area (Å²) < 4.78 is 55.4. The van der Waals surface area contributed by atoms with E-state index in [4.69, 9.17) is 11.6 Å². The van der Waals surface area contributed by atoms with Gasteiger partial charge >= 0.3 is 0 Å². The van der Waals surface area contributed by atoms with Crippen molar-refractivity contribution in [2.75, 3.05) is 6.54 Å². The maximum absolute atomic E-state index is 13.7. The number of amides is 1. The molecule has 7 nitrogen and oxygen atoms in total. The van der Waals surface area contributed by atoms with E-state index in [1.165, 1.54) is 60.7 Å². The summed E-state index contributed by atoms with van der Waals surface area (Å²) in [7, 11) is -9.08. The van der Waals surface area contributed by atoms with Crippen molar-refractivity contribution in [1.82, 2.24) is 9.03 Å². The van der Waals surface area contributed by atoms with Crippen molar-refractivity contribution >= 4 is 37.6 Å². The Hall–Kier alpha value is -3.50. The van der Waals surface area contributed by atoms with Crippen molar-refractivity contribution in [3.05, 3.63) is 131 Å². The topological polar surface area (TPSA) is 101 Å². The van der Waals surface area contributed by atoms with Gasteiger partial charge in [0, 0.05) is 10.6 Å². The van der Waals surface area contributed by atoms with E-state index in [-0.39, 0.29) is 15.4 Å². The molecular weight excluding hydrogens is 532 g/mol. The molecule has 0 aliphatic rings. The van der Waals surface area contributed by atoms with E-state index in [1.54, 1.807) is 54.6 Å². The molecular formula is C27H23ClN2O5S2. The molecule has 0 bridgehead atoms. The summed E-state index contributed by atoms with van der Waals surface area (Å²) in [6.45, 7) is -0.572. The molecule has 1 amide bonds. The number of carbonyl (C=O) groups excluding carboxylic acids is 1. The molecule has 10 heteroatoms. The monoisotopic (exact) mass is 554 g/mol. The first kappa shape index (κ1) is 26.6. The van der Waals surface area contributed by atoms with Crippen LogP contribution in [-0.4, -0.2) is 33.0 Å². The van der Waals surface area contributed by atoms with Crippen LogP contribution in [0, 0.1) is 0 Å². The first-order valence-electron chi connectivity index (χ1n) is 11.2. The van der Waals surface area contributed by atoms with Gasteiger partial charge in [-0.2, -0.15) is 0 Å². The van der Waals surface area contributed by atoms with E-state index < -0.39 is 38.5 Å². The highest BCUT2D eigenvalue weighted by Crippen LogP contribution is 2.28. The fourth-order valence-electron chi connectivity index (χ4n) is 3.66. The molecule has 4 rings (SSSR count). The van der Waals surface area contributed by atoms with Gasteiger partial charge in [0.05, 0.1) is 22.4 Å². The van der Waals surface area contributed by atoms with Crippen LogP contribution in [0.25, 0.3) is 0 Å². The second kappa shape index (κ2) is 11.3. The Balaban J connectivity index is 1.80. The van der Waals surface area contributed by atoms with Crippen LogP contribution in [0.2, 0.25) is 5.02 Å². The summed E-state index contributed by atoms with van der Waals surface area (Å²) in [6, 6.07) is 28.4. The summed E-state index contributed by atoms with van der Waals surface area (Å²) in [5.74, 6) is -0.514. The number of halogens is 1. The number of nitrogens with zero attached hydrogens (tertiary/aromatic N) is 1. The van der Waals surface area contributed by atoms with Crippen molar-refractivity contribution in [3.8, 4) is 0 Å². The van der Waals surface area contributed by atoms with Crippen LogP contribution in [0.1, 0.15) is 22.0 Å². The Morgan fingerprint density at radius 3 is 1.57 bits per heavy atom. The molecule has 0 aliphatic heterocycles. The van der Waals surface area contributed by atoms with Crippen molar-refractivity contribution in [2.24, 2.45) is 0 Å². The van der Waals surface area contributed by atoms with Crippen LogP contribution in [-0.2, 0) is 20.0 Å². The molecule has 0 fully saturated rings. The van der Waals surface area contributed by atoms with Crippen molar-refractivity contribution < 1.29 is 21.6 Å². The number of sulfonamides is 2. The number of hydrogen-bond donors (Lipinski definition) is 1. The standard InChI is InChI=1S/C27H23ClN2O5S2/c28-23-18-16-22(17-19-23)27(31)29-26(21-10-4-1-5-11-21)20-30(36(32,33)24-12-6-2-7-13-24)37(34,35)25-14-8-3-9-15-25/h1-19,26H,20H2,(H,29,31). The Bertz CT molecular complexity index is 1500. The van der Waals surface area contributed by atoms with Gasteiger partial charge < -0.3 is 5.32 Å². The lowest BCUT2D eigenvalue weighted by Crippen LogP contribution is -2.44. The zero-order valence-electron chi connectivity index (χ0n) is 19.4. The van der Waals surface area contributed by atoms with Gasteiger partial charge in [0.1, 0.15) is 0 Å². The van der Waals surface area contributed by atoms with Crippen molar-refractivity contribution in [3.63, 3.8) is 0 Å². The Morgan fingerprint density at radius 1 is 0.676 bits per heavy atom. The SMILES string of the molecule is O=C(NC(CN(S(=O)(=O)c1ccccc1)S(=O)(=O)c1ccccc1)c1ccccc1)c1ccc(Cl)cc1. The van der Waals surface area contributed by atoms with Gasteiger partial charge in [-0.1, -0.05) is 82.0 Å². The van der Waals surface area contributed by atoms with Crippen molar-refractivity contribution in [2.45, 2.75) is 15.8 Å². The third kappa shape index (κ3) is 6.08. The summed E-state index contributed by atoms with van der Waals surface area (Å²) in [4.78, 5) is 12.7. The van der Waals surface area contributed by atoms with Crippen LogP contribution in [0.15, 0.2) is 125 Å². The summed E-state index contributed by atoms with van der Waals surface area (Å²) in [6.07, 6.45) is 0. The van der Waals surface area contributed by atoms with Gasteiger partial charge in [0.15, 0.2) is 0 Å². The lowest BCUT2D eigenvalue weighted by atomic mass is 10.1. The fourth-order valence-corrected chi connectivity index (χ4v) is 7.50. The molecule has 1 N–H and O–H groups in total. The molecule has 1 unspecified atom stereocenters. The zero-order valence-corrected chi connectivity index (χ0v) is 21.8. The molecule has 0 heterocycles. The molecule has 4 aromatic rings. The number of rotatable bonds is 9. The van der Waals surface area contributed by atoms with Gasteiger partial charge in [0.25, 0.3) is 26.0 Å². The van der Waals surface area contributed by atoms with Gasteiger partial charge in [-0.3, -0.25) is 4.79 Å². The quantitative estimate of drug-likeness (QED) is 0.317. The lowest BCUT2D eigenvalue weighted by Gasteiger charge is -2.27. The largest absolute Gasteiger partial charge is 0.344 e. The molecule has 0 aromatic heterocycles. The highest BCUT2D eigenvalue weighted by atomic mass is 35.5. The number of benzene rings is 4. The maximum Gasteiger partial charge on any atom is 0.256 e. The van der Waals surface area contributed by atoms with E-state index in [1.807, 2.05) is 0 Å². The highest BCUT2D eigenvalue weighted by molar-refractivity contribution is 8.04. The molecule has 0 spiro atoms. The predicted molar refractivity (Wildman–Crippen MR) is 142 cm³/mol. The fraction of sp³-hybridized carbons (Fsp3) is 0.0741. The third-order valence-electron chi connectivity index (χ3n) is 5.56. The molecule has 0 saturated carbocycles. The molecule has 0 radical (unpaired) electrons. The average molecular weight is 555 g/mol. The smallest absolute Gasteiger partial charge is 0.256 e. The minimum atomic E-state index is -4.54. The Kier molecular flexibility index (Phi) is 8.09. The van der Waals surface area contributed by atoms with E-state index in [2.05, 4.69) is 5.32 Å². The highest BCUT2D eigenvalue weighted by Gasteiger charge is 2.39. The van der Waals surface area contributed by atoms with Gasteiger partial charge in [-0.15, -0.1) is 0 Å². The maximum atomic E-state index is 13.7. The van der Waals surface area contributed by atoms with Gasteiger partial charge in [-0.25, -0.2) is 16.8 Å². The summed E-state index contributed by atoms with van der Waals surface area (Å²) in [5.41, 5.74) is 0.815. The predicted octanol–water partition coefficient (Wildman–Crippen LogP) is 4.89. The first-order chi connectivity index (χ1) is 17.7. The van der Waals surface area contributed by atoms with Crippen molar-refractivity contribution in [1.29, 1.82) is 0 Å². The second-order valence-corrected chi connectivity index (χ2v) is 12.4. The molecule has 4 aromatic carbocycles. The first-order valence-corrected chi connectivity index (χ1v) is 14.4. The Labute approximate surface area is 221 Å². The second-order valence-electron chi connectivity index (χ2n) is 8.04. The molecule has 0 saturated heterocycles. The summed E-state index contributed by atoms with van der Waals surface area (Å²) >= 11 is 5.93. The van der Waals surface area contributed by atoms with E-state index >= 15 is 0 Å². The third-order valence-corrected chi connectivity index (χ3v) is 10.1. The normalized spacial score (nSPS) is 12.7. The zero-order chi connectivity index (χ0) is 26.5. The minimum absolute atomic E-state index is 0.189. The molecule has 190 valence electrons. The van der Waals surface area contributed by atoms with E-state index in [0.29, 0.717) is 14.3 Å². The summed E-state index contributed by atoms with van der Waals surface area (Å²) in [5, 5.41) is 3.24.